The molecular formula is C13H22ClN3O2. The Morgan fingerprint density at radius 1 is 1.68 bits per heavy atom. The molecule has 6 heteroatoms. The van der Waals surface area contributed by atoms with Crippen LogP contribution in [-0.4, -0.2) is 40.7 Å². The van der Waals surface area contributed by atoms with Gasteiger partial charge in [0.05, 0.1) is 30.1 Å². The van der Waals surface area contributed by atoms with Crippen LogP contribution in [0.1, 0.15) is 32.4 Å². The van der Waals surface area contributed by atoms with Gasteiger partial charge in [0, 0.05) is 19.1 Å². The molecule has 1 aliphatic heterocycles. The largest absolute Gasteiger partial charge is 0.384 e. The van der Waals surface area contributed by atoms with Gasteiger partial charge in [0.1, 0.15) is 5.60 Å². The molecule has 0 amide bonds. The monoisotopic (exact) mass is 287 g/mol. The molecule has 0 bridgehead atoms. The van der Waals surface area contributed by atoms with Crippen LogP contribution >= 0.6 is 11.6 Å². The third-order valence-electron chi connectivity index (χ3n) is 3.38. The smallest absolute Gasteiger partial charge is 0.106 e. The van der Waals surface area contributed by atoms with E-state index < -0.39 is 5.60 Å². The first-order valence-corrected chi connectivity index (χ1v) is 7.17. The maximum absolute atomic E-state index is 10.8. The van der Waals surface area contributed by atoms with E-state index in [0.29, 0.717) is 23.7 Å². The summed E-state index contributed by atoms with van der Waals surface area (Å²) < 4.78 is 7.22. The van der Waals surface area contributed by atoms with E-state index in [-0.39, 0.29) is 6.04 Å². The molecular weight excluding hydrogens is 266 g/mol. The van der Waals surface area contributed by atoms with Gasteiger partial charge in [-0.2, -0.15) is 5.10 Å². The number of aryl methyl sites for hydroxylation is 1. The third kappa shape index (κ3) is 3.48. The Morgan fingerprint density at radius 2 is 2.47 bits per heavy atom. The summed E-state index contributed by atoms with van der Waals surface area (Å²) in [6, 6.07) is 0.143. The average Bonchev–Trinajstić information content (AvgIpc) is 2.72. The number of aromatic nitrogens is 2. The van der Waals surface area contributed by atoms with Crippen LogP contribution < -0.4 is 5.32 Å². The van der Waals surface area contributed by atoms with Gasteiger partial charge in [0.25, 0.3) is 0 Å². The molecule has 2 atom stereocenters. The minimum atomic E-state index is -1.01. The average molecular weight is 288 g/mol. The van der Waals surface area contributed by atoms with Crippen molar-refractivity contribution in [2.24, 2.45) is 0 Å². The second-order valence-electron chi connectivity index (χ2n) is 5.27. The number of nitrogens with zero attached hydrogens (tertiary/aromatic N) is 2. The fourth-order valence-electron chi connectivity index (χ4n) is 2.61. The second kappa shape index (κ2) is 6.22. The van der Waals surface area contributed by atoms with E-state index in [4.69, 9.17) is 16.3 Å². The molecule has 0 saturated carbocycles. The molecule has 1 aromatic rings. The zero-order chi connectivity index (χ0) is 13.9. The van der Waals surface area contributed by atoms with E-state index in [1.54, 1.807) is 17.8 Å². The van der Waals surface area contributed by atoms with Gasteiger partial charge in [-0.25, -0.2) is 0 Å². The van der Waals surface area contributed by atoms with E-state index in [2.05, 4.69) is 17.3 Å². The number of hydrogen-bond acceptors (Lipinski definition) is 4. The Bertz CT molecular complexity index is 414. The molecule has 0 aromatic carbocycles. The van der Waals surface area contributed by atoms with Crippen molar-refractivity contribution in [3.63, 3.8) is 0 Å². The molecule has 1 saturated heterocycles. The van der Waals surface area contributed by atoms with E-state index in [1.807, 2.05) is 0 Å². The van der Waals surface area contributed by atoms with Gasteiger partial charge < -0.3 is 15.2 Å². The zero-order valence-electron chi connectivity index (χ0n) is 11.5. The molecule has 0 spiro atoms. The maximum Gasteiger partial charge on any atom is 0.106 e. The van der Waals surface area contributed by atoms with E-state index in [1.165, 1.54) is 0 Å². The fourth-order valence-corrected chi connectivity index (χ4v) is 2.95. The van der Waals surface area contributed by atoms with Gasteiger partial charge in [0.2, 0.25) is 0 Å². The second-order valence-corrected chi connectivity index (χ2v) is 5.68. The molecule has 1 fully saturated rings. The number of aliphatic hydroxyl groups is 1. The van der Waals surface area contributed by atoms with Crippen LogP contribution in [-0.2, 0) is 16.9 Å². The molecule has 1 aromatic heterocycles. The van der Waals surface area contributed by atoms with Crippen LogP contribution in [0.2, 0.25) is 5.02 Å². The number of hydrogen-bond donors (Lipinski definition) is 2. The first kappa shape index (κ1) is 14.8. The summed E-state index contributed by atoms with van der Waals surface area (Å²) in [6.45, 7) is 6.79. The van der Waals surface area contributed by atoms with E-state index in [0.717, 1.165) is 26.1 Å². The lowest BCUT2D eigenvalue weighted by molar-refractivity contribution is -0.00236. The van der Waals surface area contributed by atoms with E-state index >= 15 is 0 Å². The van der Waals surface area contributed by atoms with Gasteiger partial charge in [-0.05, 0) is 19.8 Å². The first-order valence-electron chi connectivity index (χ1n) is 6.80. The number of morpholine rings is 1. The van der Waals surface area contributed by atoms with Crippen LogP contribution in [0.3, 0.4) is 0 Å². The molecule has 2 rings (SSSR count). The minimum Gasteiger partial charge on any atom is -0.384 e. The van der Waals surface area contributed by atoms with Crippen molar-refractivity contribution in [1.82, 2.24) is 15.1 Å². The molecule has 19 heavy (non-hydrogen) atoms. The molecule has 2 unspecified atom stereocenters. The Morgan fingerprint density at radius 3 is 3.11 bits per heavy atom. The van der Waals surface area contributed by atoms with Crippen molar-refractivity contribution in [3.05, 3.63) is 16.9 Å². The summed E-state index contributed by atoms with van der Waals surface area (Å²) >= 11 is 6.19. The van der Waals surface area contributed by atoms with Crippen molar-refractivity contribution in [1.29, 1.82) is 0 Å². The van der Waals surface area contributed by atoms with Crippen LogP contribution in [0.5, 0.6) is 0 Å². The molecule has 108 valence electrons. The highest BCUT2D eigenvalue weighted by molar-refractivity contribution is 6.31. The summed E-state index contributed by atoms with van der Waals surface area (Å²) in [6.07, 6.45) is 3.11. The summed E-state index contributed by atoms with van der Waals surface area (Å²) in [5.74, 6) is 0. The van der Waals surface area contributed by atoms with Gasteiger partial charge in [-0.1, -0.05) is 18.5 Å². The normalized spacial score (nSPS) is 23.3. The Labute approximate surface area is 118 Å². The Kier molecular flexibility index (Phi) is 4.84. The van der Waals surface area contributed by atoms with Crippen molar-refractivity contribution in [2.75, 3.05) is 19.8 Å². The van der Waals surface area contributed by atoms with Gasteiger partial charge >= 0.3 is 0 Å². The number of rotatable bonds is 5. The number of halogens is 1. The molecule has 2 heterocycles. The van der Waals surface area contributed by atoms with Crippen LogP contribution in [0.15, 0.2) is 6.20 Å². The summed E-state index contributed by atoms with van der Waals surface area (Å²) in [4.78, 5) is 0. The van der Waals surface area contributed by atoms with Gasteiger partial charge in [-0.3, -0.25) is 4.68 Å². The van der Waals surface area contributed by atoms with Crippen molar-refractivity contribution in [3.8, 4) is 0 Å². The van der Waals surface area contributed by atoms with Crippen molar-refractivity contribution >= 4 is 11.6 Å². The summed E-state index contributed by atoms with van der Waals surface area (Å²) in [7, 11) is 0. The van der Waals surface area contributed by atoms with Crippen molar-refractivity contribution < 1.29 is 9.84 Å². The molecule has 0 radical (unpaired) electrons. The van der Waals surface area contributed by atoms with Crippen LogP contribution in [0.4, 0.5) is 0 Å². The van der Waals surface area contributed by atoms with Gasteiger partial charge in [-0.15, -0.1) is 0 Å². The lowest BCUT2D eigenvalue weighted by Gasteiger charge is -2.32. The van der Waals surface area contributed by atoms with Crippen molar-refractivity contribution in [2.45, 2.75) is 44.9 Å². The molecule has 2 N–H and O–H groups in total. The highest BCUT2D eigenvalue weighted by Crippen LogP contribution is 2.32. The van der Waals surface area contributed by atoms with Gasteiger partial charge in [0.15, 0.2) is 0 Å². The zero-order valence-corrected chi connectivity index (χ0v) is 12.3. The molecule has 5 nitrogen and oxygen atoms in total. The lowest BCUT2D eigenvalue weighted by atomic mass is 9.93. The SMILES string of the molecule is CCCn1ncc(Cl)c1C(C)(O)CC1COCCN1. The molecule has 0 aliphatic carbocycles. The minimum absolute atomic E-state index is 0.143. The topological polar surface area (TPSA) is 59.3 Å². The highest BCUT2D eigenvalue weighted by Gasteiger charge is 2.33. The van der Waals surface area contributed by atoms with Crippen LogP contribution in [0, 0.1) is 0 Å². The maximum atomic E-state index is 10.8. The molecule has 1 aliphatic rings. The fraction of sp³-hybridized carbons (Fsp3) is 0.769. The van der Waals surface area contributed by atoms with E-state index in [9.17, 15) is 5.11 Å². The summed E-state index contributed by atoms with van der Waals surface area (Å²) in [5.41, 5.74) is -0.315. The van der Waals surface area contributed by atoms with Crippen LogP contribution in [0.25, 0.3) is 0 Å². The quantitative estimate of drug-likeness (QED) is 0.862. The third-order valence-corrected chi connectivity index (χ3v) is 3.66. The highest BCUT2D eigenvalue weighted by atomic mass is 35.5. The Hall–Kier alpha value is -0.620. The first-order chi connectivity index (χ1) is 9.04. The Balaban J connectivity index is 2.15. The predicted octanol–water partition coefficient (Wildman–Crippen LogP) is 1.53. The predicted molar refractivity (Wildman–Crippen MR) is 74.3 cm³/mol. The number of ether oxygens (including phenoxy) is 1. The number of nitrogens with one attached hydrogen (secondary N) is 1. The standard InChI is InChI=1S/C13H22ClN3O2/c1-3-5-17-12(11(14)8-16-17)13(2,18)7-10-9-19-6-4-15-10/h8,10,15,18H,3-7,9H2,1-2H3. The summed E-state index contributed by atoms with van der Waals surface area (Å²) in [5, 5.41) is 18.9. The lowest BCUT2D eigenvalue weighted by Crippen LogP contribution is -2.45.